The molecule has 0 aliphatic rings. The first kappa shape index (κ1) is 30.9. The average Bonchev–Trinajstić information content (AvgIpc) is 2.75. The van der Waals surface area contributed by atoms with Crippen LogP contribution in [0.4, 0.5) is 0 Å². The first-order valence-electron chi connectivity index (χ1n) is 12.7. The molecule has 0 aromatic rings. The van der Waals surface area contributed by atoms with Gasteiger partial charge < -0.3 is 20.6 Å². The van der Waals surface area contributed by atoms with E-state index >= 15 is 0 Å². The molecule has 8 nitrogen and oxygen atoms in total. The number of amides is 1. The normalized spacial score (nSPS) is 11.3. The van der Waals surface area contributed by atoms with E-state index in [1.165, 1.54) is 51.4 Å². The van der Waals surface area contributed by atoms with Crippen molar-refractivity contribution >= 4 is 23.8 Å². The fourth-order valence-corrected chi connectivity index (χ4v) is 4.09. The second kappa shape index (κ2) is 19.4. The molecule has 0 aliphatic heterocycles. The SMILES string of the molecule is CCCCCCCCCCCCCCC(=O)NC(CCC(=O)O)(CCC(=O)O)CCC(=O)O. The number of aliphatic carboxylic acids is 3. The minimum Gasteiger partial charge on any atom is -0.481 e. The van der Waals surface area contributed by atoms with Crippen LogP contribution in [0.15, 0.2) is 0 Å². The molecule has 4 N–H and O–H groups in total. The highest BCUT2D eigenvalue weighted by atomic mass is 16.4. The molecule has 1 amide bonds. The van der Waals surface area contributed by atoms with Crippen LogP contribution >= 0.6 is 0 Å². The number of nitrogens with one attached hydrogen (secondary N) is 1. The number of unbranched alkanes of at least 4 members (excludes halogenated alkanes) is 11. The van der Waals surface area contributed by atoms with Crippen molar-refractivity contribution in [3.05, 3.63) is 0 Å². The van der Waals surface area contributed by atoms with Gasteiger partial charge in [0.25, 0.3) is 0 Å². The molecule has 0 bridgehead atoms. The van der Waals surface area contributed by atoms with Crippen molar-refractivity contribution in [2.45, 2.75) is 134 Å². The minimum atomic E-state index is -1.14. The van der Waals surface area contributed by atoms with Crippen LogP contribution < -0.4 is 5.32 Å². The van der Waals surface area contributed by atoms with Crippen LogP contribution in [0.1, 0.15) is 129 Å². The Morgan fingerprint density at radius 1 is 0.545 bits per heavy atom. The Kier molecular flexibility index (Phi) is 18.1. The molecular formula is C25H45NO7. The number of carbonyl (C=O) groups excluding carboxylic acids is 1. The number of hydrogen-bond acceptors (Lipinski definition) is 4. The Morgan fingerprint density at radius 2 is 0.879 bits per heavy atom. The molecule has 0 rings (SSSR count). The summed E-state index contributed by atoms with van der Waals surface area (Å²) in [6.07, 6.45) is 13.7. The van der Waals surface area contributed by atoms with Gasteiger partial charge in [0.1, 0.15) is 0 Å². The van der Waals surface area contributed by atoms with Gasteiger partial charge >= 0.3 is 17.9 Å². The maximum Gasteiger partial charge on any atom is 0.303 e. The summed E-state index contributed by atoms with van der Waals surface area (Å²) in [5, 5.41) is 29.9. The third-order valence-electron chi connectivity index (χ3n) is 6.11. The zero-order valence-corrected chi connectivity index (χ0v) is 20.4. The van der Waals surface area contributed by atoms with Crippen LogP contribution in [0, 0.1) is 0 Å². The van der Waals surface area contributed by atoms with Gasteiger partial charge in [-0.3, -0.25) is 19.2 Å². The van der Waals surface area contributed by atoms with Crippen molar-refractivity contribution in [3.63, 3.8) is 0 Å². The van der Waals surface area contributed by atoms with Gasteiger partial charge in [-0.15, -0.1) is 0 Å². The Labute approximate surface area is 198 Å². The maximum absolute atomic E-state index is 12.5. The standard InChI is InChI=1S/C25H45NO7/c1-2-3-4-5-6-7-8-9-10-11-12-13-14-21(27)26-25(18-15-22(28)29,19-16-23(30)31)20-17-24(32)33/h2-20H2,1H3,(H,26,27)(H,28,29)(H,30,31)(H,32,33). The number of rotatable bonds is 23. The Hall–Kier alpha value is -2.12. The van der Waals surface area contributed by atoms with Crippen LogP contribution in [-0.2, 0) is 19.2 Å². The van der Waals surface area contributed by atoms with Gasteiger partial charge in [0, 0.05) is 31.2 Å². The van der Waals surface area contributed by atoms with Gasteiger partial charge in [-0.05, 0) is 25.7 Å². The average molecular weight is 472 g/mol. The lowest BCUT2D eigenvalue weighted by molar-refractivity contribution is -0.139. The molecule has 0 unspecified atom stereocenters. The molecule has 0 aromatic carbocycles. The van der Waals surface area contributed by atoms with Crippen LogP contribution in [0.25, 0.3) is 0 Å². The van der Waals surface area contributed by atoms with Crippen LogP contribution in [-0.4, -0.2) is 44.7 Å². The molecule has 8 heteroatoms. The molecule has 192 valence electrons. The van der Waals surface area contributed by atoms with E-state index in [0.717, 1.165) is 19.3 Å². The molecule has 0 atom stereocenters. The fourth-order valence-electron chi connectivity index (χ4n) is 4.09. The van der Waals surface area contributed by atoms with Crippen molar-refractivity contribution in [1.29, 1.82) is 0 Å². The van der Waals surface area contributed by atoms with E-state index < -0.39 is 23.4 Å². The zero-order chi connectivity index (χ0) is 25.0. The third-order valence-corrected chi connectivity index (χ3v) is 6.11. The molecule has 0 heterocycles. The van der Waals surface area contributed by atoms with Crippen molar-refractivity contribution < 1.29 is 34.5 Å². The Morgan fingerprint density at radius 3 is 1.21 bits per heavy atom. The molecule has 0 aromatic heterocycles. The molecular weight excluding hydrogens is 426 g/mol. The monoisotopic (exact) mass is 471 g/mol. The van der Waals surface area contributed by atoms with Crippen LogP contribution in [0.3, 0.4) is 0 Å². The summed E-state index contributed by atoms with van der Waals surface area (Å²) in [5.74, 6) is -3.48. The van der Waals surface area contributed by atoms with E-state index in [-0.39, 0.29) is 50.9 Å². The topological polar surface area (TPSA) is 141 Å². The van der Waals surface area contributed by atoms with Gasteiger partial charge in [-0.25, -0.2) is 0 Å². The largest absolute Gasteiger partial charge is 0.481 e. The van der Waals surface area contributed by atoms with E-state index in [9.17, 15) is 19.2 Å². The van der Waals surface area contributed by atoms with Gasteiger partial charge in [-0.2, -0.15) is 0 Å². The predicted molar refractivity (Wildman–Crippen MR) is 127 cm³/mol. The van der Waals surface area contributed by atoms with Crippen molar-refractivity contribution in [2.75, 3.05) is 0 Å². The Balaban J connectivity index is 4.37. The highest BCUT2D eigenvalue weighted by Crippen LogP contribution is 2.26. The summed E-state index contributed by atoms with van der Waals surface area (Å²) in [6, 6.07) is 0. The highest BCUT2D eigenvalue weighted by Gasteiger charge is 2.33. The van der Waals surface area contributed by atoms with Gasteiger partial charge in [-0.1, -0.05) is 77.6 Å². The van der Waals surface area contributed by atoms with Crippen LogP contribution in [0.5, 0.6) is 0 Å². The molecule has 0 saturated heterocycles. The summed E-state index contributed by atoms with van der Waals surface area (Å²) in [4.78, 5) is 45.7. The lowest BCUT2D eigenvalue weighted by Gasteiger charge is -2.34. The highest BCUT2D eigenvalue weighted by molar-refractivity contribution is 5.77. The number of hydrogen-bond donors (Lipinski definition) is 4. The molecule has 33 heavy (non-hydrogen) atoms. The lowest BCUT2D eigenvalue weighted by atomic mass is 9.83. The second-order valence-electron chi connectivity index (χ2n) is 9.15. The predicted octanol–water partition coefficient (Wildman–Crippen LogP) is 5.53. The van der Waals surface area contributed by atoms with E-state index in [2.05, 4.69) is 12.2 Å². The van der Waals surface area contributed by atoms with E-state index in [1.807, 2.05) is 0 Å². The zero-order valence-electron chi connectivity index (χ0n) is 20.4. The van der Waals surface area contributed by atoms with E-state index in [4.69, 9.17) is 15.3 Å². The first-order valence-corrected chi connectivity index (χ1v) is 12.7. The van der Waals surface area contributed by atoms with E-state index in [0.29, 0.717) is 6.42 Å². The summed E-state index contributed by atoms with van der Waals surface area (Å²) >= 11 is 0. The molecule has 0 fully saturated rings. The quantitative estimate of drug-likeness (QED) is 0.144. The number of carbonyl (C=O) groups is 4. The summed E-state index contributed by atoms with van der Waals surface area (Å²) < 4.78 is 0. The van der Waals surface area contributed by atoms with Crippen LogP contribution in [0.2, 0.25) is 0 Å². The fraction of sp³-hybridized carbons (Fsp3) is 0.840. The number of carboxylic acids is 3. The lowest BCUT2D eigenvalue weighted by Crippen LogP contribution is -2.49. The summed E-state index contributed by atoms with van der Waals surface area (Å²) in [5.41, 5.74) is -1.14. The maximum atomic E-state index is 12.5. The smallest absolute Gasteiger partial charge is 0.303 e. The minimum absolute atomic E-state index is 0.00702. The van der Waals surface area contributed by atoms with Crippen molar-refractivity contribution in [3.8, 4) is 0 Å². The molecule has 0 saturated carbocycles. The summed E-state index contributed by atoms with van der Waals surface area (Å²) in [6.45, 7) is 2.22. The van der Waals surface area contributed by atoms with Gasteiger partial charge in [0.2, 0.25) is 5.91 Å². The first-order chi connectivity index (χ1) is 15.7. The van der Waals surface area contributed by atoms with Gasteiger partial charge in [0.05, 0.1) is 0 Å². The molecule has 0 radical (unpaired) electrons. The van der Waals surface area contributed by atoms with Crippen molar-refractivity contribution in [2.24, 2.45) is 0 Å². The van der Waals surface area contributed by atoms with Crippen molar-refractivity contribution in [1.82, 2.24) is 5.32 Å². The summed E-state index contributed by atoms with van der Waals surface area (Å²) in [7, 11) is 0. The Bertz CT molecular complexity index is 532. The third kappa shape index (κ3) is 19.1. The second-order valence-corrected chi connectivity index (χ2v) is 9.15. The number of carboxylic acid groups (broad SMARTS) is 3. The van der Waals surface area contributed by atoms with Gasteiger partial charge in [0.15, 0.2) is 0 Å². The van der Waals surface area contributed by atoms with E-state index in [1.54, 1.807) is 0 Å². The molecule has 0 spiro atoms. The molecule has 0 aliphatic carbocycles.